The van der Waals surface area contributed by atoms with Crippen molar-refractivity contribution < 1.29 is 4.79 Å². The van der Waals surface area contributed by atoms with Crippen LogP contribution in [0, 0.1) is 0 Å². The lowest BCUT2D eigenvalue weighted by Crippen LogP contribution is -2.39. The minimum Gasteiger partial charge on any atom is -0.354 e. The van der Waals surface area contributed by atoms with Crippen LogP contribution >= 0.6 is 11.8 Å². The quantitative estimate of drug-likeness (QED) is 0.518. The summed E-state index contributed by atoms with van der Waals surface area (Å²) in [5, 5.41) is 3.20. The maximum absolute atomic E-state index is 11.6. The van der Waals surface area contributed by atoms with Crippen molar-refractivity contribution in [2.45, 2.75) is 89.2 Å². The molecule has 1 heterocycles. The Morgan fingerprint density at radius 1 is 0.950 bits per heavy atom. The molecule has 0 saturated carbocycles. The van der Waals surface area contributed by atoms with Gasteiger partial charge in [-0.2, -0.15) is 0 Å². The molecule has 118 valence electrons. The summed E-state index contributed by atoms with van der Waals surface area (Å²) in [6.07, 6.45) is 16.2. The third kappa shape index (κ3) is 8.89. The van der Waals surface area contributed by atoms with Gasteiger partial charge in [0.2, 0.25) is 5.91 Å². The van der Waals surface area contributed by atoms with Crippen molar-refractivity contribution in [3.05, 3.63) is 0 Å². The van der Waals surface area contributed by atoms with Gasteiger partial charge in [-0.15, -0.1) is 11.8 Å². The zero-order chi connectivity index (χ0) is 14.5. The van der Waals surface area contributed by atoms with Gasteiger partial charge in [-0.1, -0.05) is 77.6 Å². The van der Waals surface area contributed by atoms with Gasteiger partial charge in [-0.05, 0) is 6.42 Å². The molecule has 0 aliphatic carbocycles. The summed E-state index contributed by atoms with van der Waals surface area (Å²) < 4.78 is 0. The summed E-state index contributed by atoms with van der Waals surface area (Å²) in [5.74, 6) is 1.36. The summed E-state index contributed by atoms with van der Waals surface area (Å²) in [6, 6.07) is 0. The van der Waals surface area contributed by atoms with Crippen LogP contribution < -0.4 is 5.32 Å². The number of carbonyl (C=O) groups is 1. The van der Waals surface area contributed by atoms with E-state index in [4.69, 9.17) is 0 Å². The first-order valence-electron chi connectivity index (χ1n) is 8.74. The van der Waals surface area contributed by atoms with Crippen molar-refractivity contribution >= 4 is 17.7 Å². The second-order valence-corrected chi connectivity index (χ2v) is 7.29. The number of thioether (sulfide) groups is 1. The van der Waals surface area contributed by atoms with E-state index in [1.165, 1.54) is 70.6 Å². The molecule has 0 aromatic rings. The number of hydrogen-bond donors (Lipinski definition) is 1. The van der Waals surface area contributed by atoms with Crippen LogP contribution in [0.1, 0.15) is 84.0 Å². The topological polar surface area (TPSA) is 29.1 Å². The Morgan fingerprint density at radius 2 is 1.50 bits per heavy atom. The van der Waals surface area contributed by atoms with Gasteiger partial charge < -0.3 is 5.32 Å². The van der Waals surface area contributed by atoms with Gasteiger partial charge in [0.25, 0.3) is 0 Å². The number of hydrogen-bond acceptors (Lipinski definition) is 2. The Balaban J connectivity index is 1.79. The summed E-state index contributed by atoms with van der Waals surface area (Å²) in [6.45, 7) is 3.13. The lowest BCUT2D eigenvalue weighted by Gasteiger charge is -2.21. The highest BCUT2D eigenvalue weighted by Gasteiger charge is 2.21. The standard InChI is InChI=1S/C17H33NOS/c1-2-3-4-5-6-7-8-9-10-11-12-13-16-17(19)18-14-15-20-16/h16H,2-15H2,1H3,(H,18,19). The normalized spacial score (nSPS) is 19.1. The zero-order valence-electron chi connectivity index (χ0n) is 13.3. The second-order valence-electron chi connectivity index (χ2n) is 5.97. The van der Waals surface area contributed by atoms with Crippen LogP contribution in [0.5, 0.6) is 0 Å². The van der Waals surface area contributed by atoms with Crippen LogP contribution in [0.2, 0.25) is 0 Å². The van der Waals surface area contributed by atoms with Crippen LogP contribution in [0.25, 0.3) is 0 Å². The smallest absolute Gasteiger partial charge is 0.233 e. The molecule has 20 heavy (non-hydrogen) atoms. The highest BCUT2D eigenvalue weighted by molar-refractivity contribution is 8.00. The third-order valence-corrected chi connectivity index (χ3v) is 5.37. The van der Waals surface area contributed by atoms with E-state index in [0.717, 1.165) is 18.7 Å². The van der Waals surface area contributed by atoms with Crippen molar-refractivity contribution in [3.8, 4) is 0 Å². The van der Waals surface area contributed by atoms with E-state index < -0.39 is 0 Å². The Morgan fingerprint density at radius 3 is 2.05 bits per heavy atom. The number of rotatable bonds is 12. The fourth-order valence-corrected chi connectivity index (χ4v) is 3.85. The molecule has 1 amide bonds. The summed E-state index contributed by atoms with van der Waals surface area (Å²) >= 11 is 1.84. The van der Waals surface area contributed by atoms with E-state index in [9.17, 15) is 4.79 Å². The third-order valence-electron chi connectivity index (χ3n) is 4.08. The maximum Gasteiger partial charge on any atom is 0.233 e. The Hall–Kier alpha value is -0.180. The number of amides is 1. The molecule has 1 saturated heterocycles. The molecule has 0 aromatic carbocycles. The fourth-order valence-electron chi connectivity index (χ4n) is 2.77. The fraction of sp³-hybridized carbons (Fsp3) is 0.941. The SMILES string of the molecule is CCCCCCCCCCCCCC1SCCNC1=O. The molecule has 1 fully saturated rings. The first-order chi connectivity index (χ1) is 9.84. The van der Waals surface area contributed by atoms with Gasteiger partial charge in [-0.25, -0.2) is 0 Å². The number of carbonyl (C=O) groups excluding carboxylic acids is 1. The van der Waals surface area contributed by atoms with Crippen LogP contribution in [-0.2, 0) is 4.79 Å². The van der Waals surface area contributed by atoms with Gasteiger partial charge in [0, 0.05) is 12.3 Å². The minimum absolute atomic E-state index is 0.238. The van der Waals surface area contributed by atoms with Crippen LogP contribution in [0.3, 0.4) is 0 Å². The van der Waals surface area contributed by atoms with Crippen LogP contribution in [0.15, 0.2) is 0 Å². The van der Waals surface area contributed by atoms with Gasteiger partial charge in [0.15, 0.2) is 0 Å². The molecule has 1 aliphatic rings. The molecule has 1 aliphatic heterocycles. The molecule has 1 unspecified atom stereocenters. The first kappa shape index (κ1) is 17.9. The number of unbranched alkanes of at least 4 members (excludes halogenated alkanes) is 10. The highest BCUT2D eigenvalue weighted by Crippen LogP contribution is 2.21. The molecule has 1 N–H and O–H groups in total. The molecule has 0 aromatic heterocycles. The minimum atomic E-state index is 0.238. The Bertz CT molecular complexity index is 245. The van der Waals surface area contributed by atoms with Gasteiger partial charge in [0.1, 0.15) is 0 Å². The molecule has 1 atom stereocenters. The van der Waals surface area contributed by atoms with E-state index in [0.29, 0.717) is 0 Å². The Labute approximate surface area is 129 Å². The van der Waals surface area contributed by atoms with Crippen molar-refractivity contribution in [3.63, 3.8) is 0 Å². The highest BCUT2D eigenvalue weighted by atomic mass is 32.2. The molecule has 0 radical (unpaired) electrons. The second kappa shape index (κ2) is 12.6. The lowest BCUT2D eigenvalue weighted by molar-refractivity contribution is -0.120. The predicted octanol–water partition coefficient (Wildman–Crippen LogP) is 4.92. The van der Waals surface area contributed by atoms with Gasteiger partial charge in [-0.3, -0.25) is 4.79 Å². The van der Waals surface area contributed by atoms with Crippen molar-refractivity contribution in [1.29, 1.82) is 0 Å². The van der Waals surface area contributed by atoms with Crippen LogP contribution in [-0.4, -0.2) is 23.5 Å². The largest absolute Gasteiger partial charge is 0.354 e. The van der Waals surface area contributed by atoms with Crippen LogP contribution in [0.4, 0.5) is 0 Å². The predicted molar refractivity (Wildman–Crippen MR) is 90.3 cm³/mol. The number of nitrogens with one attached hydrogen (secondary N) is 1. The average molecular weight is 300 g/mol. The monoisotopic (exact) mass is 299 g/mol. The van der Waals surface area contributed by atoms with E-state index >= 15 is 0 Å². The van der Waals surface area contributed by atoms with E-state index in [-0.39, 0.29) is 11.2 Å². The molecule has 1 rings (SSSR count). The molecule has 3 heteroatoms. The van der Waals surface area contributed by atoms with Crippen molar-refractivity contribution in [2.24, 2.45) is 0 Å². The van der Waals surface area contributed by atoms with E-state index in [1.807, 2.05) is 11.8 Å². The lowest BCUT2D eigenvalue weighted by atomic mass is 10.0. The van der Waals surface area contributed by atoms with Gasteiger partial charge >= 0.3 is 0 Å². The van der Waals surface area contributed by atoms with E-state index in [2.05, 4.69) is 12.2 Å². The molecule has 0 bridgehead atoms. The summed E-state index contributed by atoms with van der Waals surface area (Å²) in [4.78, 5) is 11.6. The van der Waals surface area contributed by atoms with Gasteiger partial charge in [0.05, 0.1) is 5.25 Å². The van der Waals surface area contributed by atoms with Crippen molar-refractivity contribution in [1.82, 2.24) is 5.32 Å². The Kier molecular flexibility index (Phi) is 11.2. The molecular formula is C17H33NOS. The summed E-state index contributed by atoms with van der Waals surface area (Å²) in [7, 11) is 0. The first-order valence-corrected chi connectivity index (χ1v) is 9.78. The summed E-state index contributed by atoms with van der Waals surface area (Å²) in [5.41, 5.74) is 0. The molecule has 2 nitrogen and oxygen atoms in total. The van der Waals surface area contributed by atoms with E-state index in [1.54, 1.807) is 0 Å². The molecule has 0 spiro atoms. The van der Waals surface area contributed by atoms with Crippen molar-refractivity contribution in [2.75, 3.05) is 12.3 Å². The molecular weight excluding hydrogens is 266 g/mol. The maximum atomic E-state index is 11.6. The zero-order valence-corrected chi connectivity index (χ0v) is 14.1. The average Bonchev–Trinajstić information content (AvgIpc) is 2.46.